The van der Waals surface area contributed by atoms with Crippen LogP contribution in [0.25, 0.3) is 0 Å². The predicted molar refractivity (Wildman–Crippen MR) is 72.6 cm³/mol. The maximum atomic E-state index is 13.6. The Morgan fingerprint density at radius 2 is 1.85 bits per heavy atom. The zero-order chi connectivity index (χ0) is 14.9. The lowest BCUT2D eigenvalue weighted by molar-refractivity contribution is 0.0696. The van der Waals surface area contributed by atoms with Crippen molar-refractivity contribution in [3.63, 3.8) is 0 Å². The number of carboxylic acids is 1. The summed E-state index contributed by atoms with van der Waals surface area (Å²) in [5.74, 6) is -1.36. The third kappa shape index (κ3) is 2.77. The first-order valence-electron chi connectivity index (χ1n) is 6.08. The highest BCUT2D eigenvalue weighted by atomic mass is 19.1. The second-order valence-electron chi connectivity index (χ2n) is 4.73. The van der Waals surface area contributed by atoms with E-state index in [-0.39, 0.29) is 23.5 Å². The topological polar surface area (TPSA) is 59.3 Å². The fourth-order valence-corrected chi connectivity index (χ4v) is 2.10. The first-order valence-corrected chi connectivity index (χ1v) is 6.08. The van der Waals surface area contributed by atoms with E-state index in [2.05, 4.69) is 0 Å². The number of pyridine rings is 1. The van der Waals surface area contributed by atoms with Gasteiger partial charge in [0.25, 0.3) is 5.56 Å². The van der Waals surface area contributed by atoms with E-state index in [1.165, 1.54) is 22.9 Å². The van der Waals surface area contributed by atoms with Gasteiger partial charge in [0, 0.05) is 12.3 Å². The number of aryl methyl sites for hydroxylation is 2. The molecule has 20 heavy (non-hydrogen) atoms. The van der Waals surface area contributed by atoms with Crippen LogP contribution in [0.15, 0.2) is 35.3 Å². The minimum atomic E-state index is -1.09. The summed E-state index contributed by atoms with van der Waals surface area (Å²) < 4.78 is 14.9. The predicted octanol–water partition coefficient (Wildman–Crippen LogP) is 2.35. The third-order valence-corrected chi connectivity index (χ3v) is 3.08. The van der Waals surface area contributed by atoms with Crippen molar-refractivity contribution < 1.29 is 14.3 Å². The summed E-state index contributed by atoms with van der Waals surface area (Å²) in [6.45, 7) is 3.52. The molecule has 1 aromatic carbocycles. The molecule has 0 spiro atoms. The highest BCUT2D eigenvalue weighted by Gasteiger charge is 2.08. The van der Waals surface area contributed by atoms with E-state index >= 15 is 0 Å². The molecule has 1 heterocycles. The molecule has 0 aliphatic heterocycles. The van der Waals surface area contributed by atoms with Gasteiger partial charge < -0.3 is 9.67 Å². The SMILES string of the molecule is Cc1cc(Cn2cc(C(=O)O)ccc2=O)cc(C)c1F. The monoisotopic (exact) mass is 275 g/mol. The molecule has 1 aromatic heterocycles. The number of carbonyl (C=O) groups is 1. The Morgan fingerprint density at radius 1 is 1.25 bits per heavy atom. The van der Waals surface area contributed by atoms with Gasteiger partial charge in [-0.3, -0.25) is 4.79 Å². The van der Waals surface area contributed by atoms with Crippen LogP contribution >= 0.6 is 0 Å². The molecule has 0 aliphatic rings. The molecule has 0 saturated carbocycles. The average molecular weight is 275 g/mol. The van der Waals surface area contributed by atoms with E-state index in [4.69, 9.17) is 5.11 Å². The molecule has 1 N–H and O–H groups in total. The molecule has 0 amide bonds. The van der Waals surface area contributed by atoms with Crippen LogP contribution in [-0.4, -0.2) is 15.6 Å². The average Bonchev–Trinajstić information content (AvgIpc) is 2.38. The second kappa shape index (κ2) is 5.28. The molecule has 0 atom stereocenters. The van der Waals surface area contributed by atoms with Crippen molar-refractivity contribution in [1.82, 2.24) is 4.57 Å². The van der Waals surface area contributed by atoms with E-state index < -0.39 is 5.97 Å². The van der Waals surface area contributed by atoms with Crippen LogP contribution in [0.3, 0.4) is 0 Å². The van der Waals surface area contributed by atoms with Crippen LogP contribution < -0.4 is 5.56 Å². The third-order valence-electron chi connectivity index (χ3n) is 3.08. The summed E-state index contributed by atoms with van der Waals surface area (Å²) in [7, 11) is 0. The van der Waals surface area contributed by atoms with Crippen molar-refractivity contribution in [2.24, 2.45) is 0 Å². The van der Waals surface area contributed by atoms with Gasteiger partial charge in [0.2, 0.25) is 0 Å². The van der Waals surface area contributed by atoms with Crippen molar-refractivity contribution in [3.05, 3.63) is 68.9 Å². The number of nitrogens with zero attached hydrogens (tertiary/aromatic N) is 1. The van der Waals surface area contributed by atoms with E-state index in [0.29, 0.717) is 11.1 Å². The van der Waals surface area contributed by atoms with Crippen LogP contribution in [0.5, 0.6) is 0 Å². The van der Waals surface area contributed by atoms with E-state index in [9.17, 15) is 14.0 Å². The molecule has 2 aromatic rings. The van der Waals surface area contributed by atoms with Gasteiger partial charge in [-0.25, -0.2) is 9.18 Å². The number of hydrogen-bond acceptors (Lipinski definition) is 2. The van der Waals surface area contributed by atoms with Gasteiger partial charge in [-0.05, 0) is 36.6 Å². The maximum Gasteiger partial charge on any atom is 0.337 e. The number of halogens is 1. The minimum Gasteiger partial charge on any atom is -0.478 e. The molecule has 0 bridgehead atoms. The fraction of sp³-hybridized carbons (Fsp3) is 0.200. The van der Waals surface area contributed by atoms with Crippen molar-refractivity contribution in [3.8, 4) is 0 Å². The molecule has 2 rings (SSSR count). The van der Waals surface area contributed by atoms with E-state index in [1.807, 2.05) is 0 Å². The van der Waals surface area contributed by atoms with E-state index in [1.54, 1.807) is 26.0 Å². The number of aromatic nitrogens is 1. The minimum absolute atomic E-state index is 0.0418. The lowest BCUT2D eigenvalue weighted by Crippen LogP contribution is -2.20. The highest BCUT2D eigenvalue weighted by Crippen LogP contribution is 2.15. The van der Waals surface area contributed by atoms with Gasteiger partial charge in [0.1, 0.15) is 5.82 Å². The summed E-state index contributed by atoms with van der Waals surface area (Å²) in [6.07, 6.45) is 1.29. The van der Waals surface area contributed by atoms with Crippen molar-refractivity contribution in [1.29, 1.82) is 0 Å². The summed E-state index contributed by atoms with van der Waals surface area (Å²) in [6, 6.07) is 5.79. The number of benzene rings is 1. The van der Waals surface area contributed by atoms with Crippen LogP contribution in [-0.2, 0) is 6.54 Å². The smallest absolute Gasteiger partial charge is 0.337 e. The van der Waals surface area contributed by atoms with Crippen LogP contribution in [0.1, 0.15) is 27.0 Å². The molecule has 0 saturated heterocycles. The fourth-order valence-electron chi connectivity index (χ4n) is 2.10. The number of carboxylic acid groups (broad SMARTS) is 1. The second-order valence-corrected chi connectivity index (χ2v) is 4.73. The highest BCUT2D eigenvalue weighted by molar-refractivity contribution is 5.87. The standard InChI is InChI=1S/C15H14FNO3/c1-9-5-11(6-10(2)14(9)16)7-17-8-12(15(19)20)3-4-13(17)18/h3-6,8H,7H2,1-2H3,(H,19,20). The van der Waals surface area contributed by atoms with Crippen LogP contribution in [0, 0.1) is 19.7 Å². The zero-order valence-corrected chi connectivity index (χ0v) is 11.2. The van der Waals surface area contributed by atoms with Gasteiger partial charge in [-0.2, -0.15) is 0 Å². The summed E-state index contributed by atoms with van der Waals surface area (Å²) >= 11 is 0. The van der Waals surface area contributed by atoms with Gasteiger partial charge >= 0.3 is 5.97 Å². The molecular weight excluding hydrogens is 261 g/mol. The first-order chi connectivity index (χ1) is 9.38. The lowest BCUT2D eigenvalue weighted by Gasteiger charge is -2.09. The Balaban J connectivity index is 2.42. The number of hydrogen-bond donors (Lipinski definition) is 1. The summed E-state index contributed by atoms with van der Waals surface area (Å²) in [5.41, 5.74) is 1.51. The maximum absolute atomic E-state index is 13.6. The van der Waals surface area contributed by atoms with Gasteiger partial charge in [-0.1, -0.05) is 12.1 Å². The molecule has 104 valence electrons. The first kappa shape index (κ1) is 14.0. The molecule has 4 nitrogen and oxygen atoms in total. The zero-order valence-electron chi connectivity index (χ0n) is 11.2. The summed E-state index contributed by atoms with van der Waals surface area (Å²) in [4.78, 5) is 22.6. The largest absolute Gasteiger partial charge is 0.478 e. The Kier molecular flexibility index (Phi) is 3.70. The van der Waals surface area contributed by atoms with E-state index in [0.717, 1.165) is 5.56 Å². The summed E-state index contributed by atoms with van der Waals surface area (Å²) in [5, 5.41) is 8.93. The Labute approximate surface area is 115 Å². The normalized spacial score (nSPS) is 10.6. The molecule has 0 aliphatic carbocycles. The molecular formula is C15H14FNO3. The Bertz CT molecular complexity index is 711. The molecule has 0 radical (unpaired) electrons. The van der Waals surface area contributed by atoms with Crippen molar-refractivity contribution >= 4 is 5.97 Å². The Morgan fingerprint density at radius 3 is 2.40 bits per heavy atom. The Hall–Kier alpha value is -2.43. The number of rotatable bonds is 3. The van der Waals surface area contributed by atoms with Crippen molar-refractivity contribution in [2.45, 2.75) is 20.4 Å². The molecule has 5 heteroatoms. The van der Waals surface area contributed by atoms with Gasteiger partial charge in [0.15, 0.2) is 0 Å². The quantitative estimate of drug-likeness (QED) is 0.935. The van der Waals surface area contributed by atoms with Gasteiger partial charge in [0.05, 0.1) is 12.1 Å². The van der Waals surface area contributed by atoms with Gasteiger partial charge in [-0.15, -0.1) is 0 Å². The lowest BCUT2D eigenvalue weighted by atomic mass is 10.1. The van der Waals surface area contributed by atoms with Crippen molar-refractivity contribution in [2.75, 3.05) is 0 Å². The van der Waals surface area contributed by atoms with Crippen LogP contribution in [0.4, 0.5) is 4.39 Å². The molecule has 0 unspecified atom stereocenters. The van der Waals surface area contributed by atoms with Crippen LogP contribution in [0.2, 0.25) is 0 Å². The molecule has 0 fully saturated rings. The number of aromatic carboxylic acids is 1.